The molecule has 124 valence electrons. The van der Waals surface area contributed by atoms with Crippen LogP contribution in [0, 0.1) is 18.8 Å². The first-order chi connectivity index (χ1) is 11.5. The van der Waals surface area contributed by atoms with Crippen molar-refractivity contribution in [2.75, 3.05) is 18.9 Å². The van der Waals surface area contributed by atoms with Crippen molar-refractivity contribution in [1.82, 2.24) is 9.88 Å². The minimum absolute atomic E-state index is 0.0205. The predicted octanol–water partition coefficient (Wildman–Crippen LogP) is 2.34. The number of amides is 2. The van der Waals surface area contributed by atoms with Crippen LogP contribution in [0.25, 0.3) is 0 Å². The van der Waals surface area contributed by atoms with Gasteiger partial charge in [0.1, 0.15) is 5.92 Å². The van der Waals surface area contributed by atoms with Gasteiger partial charge in [0, 0.05) is 25.7 Å². The number of aromatic nitrogens is 1. The Morgan fingerprint density at radius 1 is 1.33 bits per heavy atom. The summed E-state index contributed by atoms with van der Waals surface area (Å²) >= 11 is 0. The molecule has 24 heavy (non-hydrogen) atoms. The zero-order chi connectivity index (χ0) is 17.3. The van der Waals surface area contributed by atoms with Gasteiger partial charge in [0.25, 0.3) is 0 Å². The fourth-order valence-electron chi connectivity index (χ4n) is 3.08. The van der Waals surface area contributed by atoms with Crippen molar-refractivity contribution >= 4 is 17.5 Å². The lowest BCUT2D eigenvalue weighted by Gasteiger charge is -2.17. The average molecular weight is 327 g/mol. The first-order valence-corrected chi connectivity index (χ1v) is 7.70. The van der Waals surface area contributed by atoms with Gasteiger partial charge < -0.3 is 10.2 Å². The lowest BCUT2D eigenvalue weighted by atomic mass is 9.87. The van der Waals surface area contributed by atoms with Crippen LogP contribution in [0.4, 0.5) is 10.1 Å². The molecule has 0 aliphatic carbocycles. The highest BCUT2D eigenvalue weighted by Gasteiger charge is 2.44. The zero-order valence-electron chi connectivity index (χ0n) is 13.5. The number of nitrogens with zero attached hydrogens (tertiary/aromatic N) is 2. The molecule has 1 aromatic heterocycles. The lowest BCUT2D eigenvalue weighted by molar-refractivity contribution is -0.135. The maximum absolute atomic E-state index is 13.7. The molecule has 0 saturated carbocycles. The number of hydrogen-bond donors (Lipinski definition) is 1. The molecular formula is C18H18FN3O2. The zero-order valence-corrected chi connectivity index (χ0v) is 13.5. The Morgan fingerprint density at radius 2 is 2.12 bits per heavy atom. The van der Waals surface area contributed by atoms with Gasteiger partial charge in [0.2, 0.25) is 17.8 Å². The molecule has 2 heterocycles. The van der Waals surface area contributed by atoms with Gasteiger partial charge in [-0.3, -0.25) is 9.59 Å². The third-order valence-electron chi connectivity index (χ3n) is 4.28. The number of hydrogen-bond acceptors (Lipinski definition) is 3. The van der Waals surface area contributed by atoms with Crippen molar-refractivity contribution < 1.29 is 14.0 Å². The summed E-state index contributed by atoms with van der Waals surface area (Å²) in [6.07, 6.45) is 1.30. The third kappa shape index (κ3) is 2.99. The lowest BCUT2D eigenvalue weighted by Crippen LogP contribution is -2.33. The maximum Gasteiger partial charge on any atom is 0.237 e. The standard InChI is InChI=1S/C18H18FN3O2/c1-11-5-3-6-12(9-11)13-10-22(2)18(24)15(13)17(23)21-14-7-4-8-20-16(14)19/h3-9,13,15H,10H2,1-2H3,(H,21,23)/t13-,15+/m1/s1. The minimum atomic E-state index is -0.878. The number of halogens is 1. The second kappa shape index (κ2) is 6.39. The van der Waals surface area contributed by atoms with E-state index < -0.39 is 17.8 Å². The number of pyridine rings is 1. The normalized spacial score (nSPS) is 20.3. The highest BCUT2D eigenvalue weighted by molar-refractivity contribution is 6.08. The number of likely N-dealkylation sites (N-methyl/N-ethyl adjacent to an activating group) is 1. The third-order valence-corrected chi connectivity index (χ3v) is 4.28. The summed E-state index contributed by atoms with van der Waals surface area (Å²) in [7, 11) is 1.67. The Balaban J connectivity index is 1.89. The van der Waals surface area contributed by atoms with Crippen LogP contribution in [0.2, 0.25) is 0 Å². The number of benzene rings is 1. The molecular weight excluding hydrogens is 309 g/mol. The first-order valence-electron chi connectivity index (χ1n) is 7.70. The summed E-state index contributed by atoms with van der Waals surface area (Å²) in [6.45, 7) is 2.42. The monoisotopic (exact) mass is 327 g/mol. The molecule has 0 radical (unpaired) electrons. The quantitative estimate of drug-likeness (QED) is 0.695. The van der Waals surface area contributed by atoms with Gasteiger partial charge in [-0.25, -0.2) is 4.98 Å². The van der Waals surface area contributed by atoms with Crippen LogP contribution in [0.3, 0.4) is 0 Å². The smallest absolute Gasteiger partial charge is 0.237 e. The molecule has 5 nitrogen and oxygen atoms in total. The summed E-state index contributed by atoms with van der Waals surface area (Å²) < 4.78 is 13.7. The molecule has 1 fully saturated rings. The first kappa shape index (κ1) is 16.1. The predicted molar refractivity (Wildman–Crippen MR) is 87.9 cm³/mol. The summed E-state index contributed by atoms with van der Waals surface area (Å²) in [5, 5.41) is 2.49. The maximum atomic E-state index is 13.7. The number of carbonyl (C=O) groups is 2. The van der Waals surface area contributed by atoms with Gasteiger partial charge in [0.05, 0.1) is 5.69 Å². The second-order valence-electron chi connectivity index (χ2n) is 6.05. The van der Waals surface area contributed by atoms with Crippen molar-refractivity contribution in [2.24, 2.45) is 5.92 Å². The fraction of sp³-hybridized carbons (Fsp3) is 0.278. The molecule has 1 aliphatic rings. The second-order valence-corrected chi connectivity index (χ2v) is 6.05. The Labute approximate surface area is 139 Å². The van der Waals surface area contributed by atoms with E-state index in [1.807, 2.05) is 31.2 Å². The van der Waals surface area contributed by atoms with Crippen molar-refractivity contribution in [3.05, 3.63) is 59.7 Å². The van der Waals surface area contributed by atoms with Crippen molar-refractivity contribution in [2.45, 2.75) is 12.8 Å². The molecule has 1 N–H and O–H groups in total. The number of rotatable bonds is 3. The van der Waals surface area contributed by atoms with Crippen LogP contribution < -0.4 is 5.32 Å². The summed E-state index contributed by atoms with van der Waals surface area (Å²) in [4.78, 5) is 30.1. The Hall–Kier alpha value is -2.76. The van der Waals surface area contributed by atoms with E-state index in [4.69, 9.17) is 0 Å². The fourth-order valence-corrected chi connectivity index (χ4v) is 3.08. The summed E-state index contributed by atoms with van der Waals surface area (Å²) in [6, 6.07) is 10.7. The Kier molecular flexibility index (Phi) is 4.29. The molecule has 0 unspecified atom stereocenters. The summed E-state index contributed by atoms with van der Waals surface area (Å²) in [5.41, 5.74) is 1.97. The van der Waals surface area contributed by atoms with Crippen LogP contribution in [-0.2, 0) is 9.59 Å². The molecule has 0 spiro atoms. The number of anilines is 1. The van der Waals surface area contributed by atoms with E-state index in [1.165, 1.54) is 23.2 Å². The van der Waals surface area contributed by atoms with Crippen LogP contribution in [0.5, 0.6) is 0 Å². The topological polar surface area (TPSA) is 62.3 Å². The number of aryl methyl sites for hydroxylation is 1. The SMILES string of the molecule is Cc1cccc([C@H]2CN(C)C(=O)[C@@H]2C(=O)Nc2cccnc2F)c1. The van der Waals surface area contributed by atoms with E-state index in [0.29, 0.717) is 6.54 Å². The molecule has 0 bridgehead atoms. The van der Waals surface area contributed by atoms with Gasteiger partial charge >= 0.3 is 0 Å². The van der Waals surface area contributed by atoms with E-state index in [1.54, 1.807) is 7.05 Å². The number of nitrogens with one attached hydrogen (secondary N) is 1. The average Bonchev–Trinajstić information content (AvgIpc) is 2.85. The number of likely N-dealkylation sites (tertiary alicyclic amines) is 1. The van der Waals surface area contributed by atoms with Crippen molar-refractivity contribution in [3.8, 4) is 0 Å². The molecule has 1 saturated heterocycles. The largest absolute Gasteiger partial charge is 0.344 e. The highest BCUT2D eigenvalue weighted by atomic mass is 19.1. The van der Waals surface area contributed by atoms with E-state index in [2.05, 4.69) is 10.3 Å². The highest BCUT2D eigenvalue weighted by Crippen LogP contribution is 2.34. The Morgan fingerprint density at radius 3 is 2.83 bits per heavy atom. The van der Waals surface area contributed by atoms with E-state index in [9.17, 15) is 14.0 Å². The van der Waals surface area contributed by atoms with Crippen LogP contribution in [0.1, 0.15) is 17.0 Å². The van der Waals surface area contributed by atoms with E-state index in [0.717, 1.165) is 11.1 Å². The van der Waals surface area contributed by atoms with E-state index in [-0.39, 0.29) is 17.5 Å². The summed E-state index contributed by atoms with van der Waals surface area (Å²) in [5.74, 6) is -2.68. The van der Waals surface area contributed by atoms with Gasteiger partial charge in [0.15, 0.2) is 0 Å². The molecule has 1 aliphatic heterocycles. The number of carbonyl (C=O) groups excluding carboxylic acids is 2. The van der Waals surface area contributed by atoms with Crippen molar-refractivity contribution in [1.29, 1.82) is 0 Å². The molecule has 2 atom stereocenters. The van der Waals surface area contributed by atoms with Gasteiger partial charge in [-0.15, -0.1) is 0 Å². The van der Waals surface area contributed by atoms with Crippen LogP contribution >= 0.6 is 0 Å². The molecule has 2 aromatic rings. The minimum Gasteiger partial charge on any atom is -0.344 e. The molecule has 3 rings (SSSR count). The van der Waals surface area contributed by atoms with E-state index >= 15 is 0 Å². The molecule has 6 heteroatoms. The van der Waals surface area contributed by atoms with Gasteiger partial charge in [-0.05, 0) is 24.6 Å². The van der Waals surface area contributed by atoms with Gasteiger partial charge in [-0.2, -0.15) is 4.39 Å². The Bertz CT molecular complexity index is 793. The van der Waals surface area contributed by atoms with Crippen LogP contribution in [0.15, 0.2) is 42.6 Å². The van der Waals surface area contributed by atoms with Gasteiger partial charge in [-0.1, -0.05) is 29.8 Å². The molecule has 2 amide bonds. The van der Waals surface area contributed by atoms with Crippen molar-refractivity contribution in [3.63, 3.8) is 0 Å². The molecule has 1 aromatic carbocycles. The van der Waals surface area contributed by atoms with Crippen LogP contribution in [-0.4, -0.2) is 35.3 Å².